The van der Waals surface area contributed by atoms with Crippen LogP contribution in [0.3, 0.4) is 0 Å². The van der Waals surface area contributed by atoms with Crippen molar-refractivity contribution in [3.05, 3.63) is 0 Å². The highest BCUT2D eigenvalue weighted by atomic mass is 16.3. The van der Waals surface area contributed by atoms with E-state index in [2.05, 4.69) is 13.8 Å². The van der Waals surface area contributed by atoms with E-state index in [1.54, 1.807) is 0 Å². The zero-order chi connectivity index (χ0) is 25.7. The molecule has 0 aromatic carbocycles. The fourth-order valence-electron chi connectivity index (χ4n) is 5.63. The third-order valence-electron chi connectivity index (χ3n) is 8.17. The molecule has 0 radical (unpaired) electrons. The summed E-state index contributed by atoms with van der Waals surface area (Å²) in [6.45, 7) is 6.57. The van der Waals surface area contributed by atoms with E-state index in [4.69, 9.17) is 0 Å². The van der Waals surface area contributed by atoms with Gasteiger partial charge in [0, 0.05) is 0 Å². The third kappa shape index (κ3) is 30.1. The van der Waals surface area contributed by atoms with E-state index in [1.165, 1.54) is 180 Å². The Hall–Kier alpha value is -0.0400. The summed E-state index contributed by atoms with van der Waals surface area (Å²) in [5, 5.41) is 9.76. The topological polar surface area (TPSA) is 20.2 Å². The Labute approximate surface area is 224 Å². The molecule has 0 amide bonds. The minimum atomic E-state index is -0.119. The van der Waals surface area contributed by atoms with Crippen molar-refractivity contribution in [1.82, 2.24) is 0 Å². The van der Waals surface area contributed by atoms with Crippen LogP contribution in [0.5, 0.6) is 0 Å². The van der Waals surface area contributed by atoms with Crippen LogP contribution in [0.2, 0.25) is 0 Å². The molecule has 1 nitrogen and oxygen atoms in total. The molecule has 0 saturated carbocycles. The van der Waals surface area contributed by atoms with Crippen molar-refractivity contribution >= 4 is 0 Å². The molecule has 0 spiro atoms. The first kappa shape index (κ1) is 35.0. The lowest BCUT2D eigenvalue weighted by atomic mass is 9.89. The van der Waals surface area contributed by atoms with E-state index < -0.39 is 0 Å². The average molecular weight is 495 g/mol. The third-order valence-corrected chi connectivity index (χ3v) is 8.17. The minimum absolute atomic E-state index is 0.119. The van der Waals surface area contributed by atoms with Gasteiger partial charge in [-0.25, -0.2) is 0 Å². The van der Waals surface area contributed by atoms with Gasteiger partial charge >= 0.3 is 0 Å². The van der Waals surface area contributed by atoms with E-state index in [1.807, 2.05) is 6.92 Å². The van der Waals surface area contributed by atoms with Crippen molar-refractivity contribution in [3.8, 4) is 0 Å². The molecule has 212 valence electrons. The standard InChI is InChI=1S/C34H70O/c1-4-6-8-10-12-14-16-17-18-20-22-24-26-28-30-34(32-31-33(3)35)29-27-25-23-21-19-15-13-11-9-7-5-2/h33-35H,4-32H2,1-3H3. The molecule has 0 aliphatic carbocycles. The van der Waals surface area contributed by atoms with Gasteiger partial charge in [-0.1, -0.05) is 187 Å². The maximum absolute atomic E-state index is 9.76. The molecule has 0 rings (SSSR count). The number of aliphatic hydroxyl groups is 1. The molecule has 1 heteroatoms. The van der Waals surface area contributed by atoms with Gasteiger partial charge < -0.3 is 5.11 Å². The van der Waals surface area contributed by atoms with Crippen LogP contribution in [0.15, 0.2) is 0 Å². The van der Waals surface area contributed by atoms with Gasteiger partial charge in [0.05, 0.1) is 6.10 Å². The van der Waals surface area contributed by atoms with Crippen molar-refractivity contribution in [2.24, 2.45) is 5.92 Å². The van der Waals surface area contributed by atoms with Crippen LogP contribution in [-0.4, -0.2) is 11.2 Å². The molecule has 0 aliphatic heterocycles. The molecular formula is C34H70O. The first-order chi connectivity index (χ1) is 17.2. The van der Waals surface area contributed by atoms with E-state index in [9.17, 15) is 5.11 Å². The molecular weight excluding hydrogens is 424 g/mol. The highest BCUT2D eigenvalue weighted by molar-refractivity contribution is 4.63. The van der Waals surface area contributed by atoms with E-state index in [0.29, 0.717) is 0 Å². The monoisotopic (exact) mass is 495 g/mol. The van der Waals surface area contributed by atoms with Gasteiger partial charge in [0.15, 0.2) is 0 Å². The first-order valence-electron chi connectivity index (χ1n) is 16.9. The van der Waals surface area contributed by atoms with Gasteiger partial charge in [-0.05, 0) is 25.7 Å². The lowest BCUT2D eigenvalue weighted by Crippen LogP contribution is -2.07. The summed E-state index contributed by atoms with van der Waals surface area (Å²) < 4.78 is 0. The zero-order valence-corrected chi connectivity index (χ0v) is 25.1. The van der Waals surface area contributed by atoms with Gasteiger partial charge in [0.25, 0.3) is 0 Å². The van der Waals surface area contributed by atoms with E-state index >= 15 is 0 Å². The van der Waals surface area contributed by atoms with Crippen LogP contribution in [0.1, 0.15) is 207 Å². The Bertz CT molecular complexity index is 364. The molecule has 0 aliphatic rings. The van der Waals surface area contributed by atoms with Crippen molar-refractivity contribution < 1.29 is 5.11 Å². The number of hydrogen-bond donors (Lipinski definition) is 1. The number of hydrogen-bond acceptors (Lipinski definition) is 1. The number of aliphatic hydroxyl groups excluding tert-OH is 1. The van der Waals surface area contributed by atoms with Crippen LogP contribution < -0.4 is 0 Å². The Morgan fingerprint density at radius 3 is 0.857 bits per heavy atom. The number of rotatable bonds is 30. The fraction of sp³-hybridized carbons (Fsp3) is 1.00. The van der Waals surface area contributed by atoms with Crippen LogP contribution in [-0.2, 0) is 0 Å². The minimum Gasteiger partial charge on any atom is -0.393 e. The lowest BCUT2D eigenvalue weighted by Gasteiger charge is -2.18. The van der Waals surface area contributed by atoms with Crippen LogP contribution in [0, 0.1) is 5.92 Å². The lowest BCUT2D eigenvalue weighted by molar-refractivity contribution is 0.169. The molecule has 2 atom stereocenters. The zero-order valence-electron chi connectivity index (χ0n) is 25.1. The summed E-state index contributed by atoms with van der Waals surface area (Å²) in [6, 6.07) is 0. The summed E-state index contributed by atoms with van der Waals surface area (Å²) in [7, 11) is 0. The molecule has 2 unspecified atom stereocenters. The first-order valence-corrected chi connectivity index (χ1v) is 16.9. The van der Waals surface area contributed by atoms with Crippen molar-refractivity contribution in [3.63, 3.8) is 0 Å². The van der Waals surface area contributed by atoms with Crippen molar-refractivity contribution in [2.75, 3.05) is 0 Å². The average Bonchev–Trinajstić information content (AvgIpc) is 2.85. The highest BCUT2D eigenvalue weighted by Crippen LogP contribution is 2.24. The molecule has 0 aromatic heterocycles. The maximum Gasteiger partial charge on any atom is 0.0512 e. The predicted octanol–water partition coefficient (Wildman–Crippen LogP) is 12.3. The predicted molar refractivity (Wildman–Crippen MR) is 160 cm³/mol. The van der Waals surface area contributed by atoms with Gasteiger partial charge in [0.2, 0.25) is 0 Å². The van der Waals surface area contributed by atoms with Gasteiger partial charge in [-0.15, -0.1) is 0 Å². The van der Waals surface area contributed by atoms with Gasteiger partial charge in [-0.3, -0.25) is 0 Å². The van der Waals surface area contributed by atoms with Crippen LogP contribution in [0.25, 0.3) is 0 Å². The largest absolute Gasteiger partial charge is 0.393 e. The fourth-order valence-corrected chi connectivity index (χ4v) is 5.63. The molecule has 1 N–H and O–H groups in total. The normalized spacial score (nSPS) is 13.4. The summed E-state index contributed by atoms with van der Waals surface area (Å²) in [6.07, 6.45) is 41.0. The second-order valence-corrected chi connectivity index (χ2v) is 12.0. The Morgan fingerprint density at radius 1 is 0.343 bits per heavy atom. The van der Waals surface area contributed by atoms with E-state index in [0.717, 1.165) is 12.3 Å². The quantitative estimate of drug-likeness (QED) is 0.0984. The van der Waals surface area contributed by atoms with Crippen molar-refractivity contribution in [1.29, 1.82) is 0 Å². The Morgan fingerprint density at radius 2 is 0.600 bits per heavy atom. The Balaban J connectivity index is 3.58. The molecule has 0 bridgehead atoms. The summed E-state index contributed by atoms with van der Waals surface area (Å²) in [5.41, 5.74) is 0. The van der Waals surface area contributed by atoms with E-state index in [-0.39, 0.29) is 6.10 Å². The summed E-state index contributed by atoms with van der Waals surface area (Å²) in [5.74, 6) is 0.862. The molecule has 0 heterocycles. The maximum atomic E-state index is 9.76. The molecule has 35 heavy (non-hydrogen) atoms. The summed E-state index contributed by atoms with van der Waals surface area (Å²) in [4.78, 5) is 0. The van der Waals surface area contributed by atoms with Crippen LogP contribution in [0.4, 0.5) is 0 Å². The highest BCUT2D eigenvalue weighted by Gasteiger charge is 2.10. The number of unbranched alkanes of at least 4 members (excludes halogenated alkanes) is 23. The second kappa shape index (κ2) is 30.2. The van der Waals surface area contributed by atoms with Gasteiger partial charge in [-0.2, -0.15) is 0 Å². The van der Waals surface area contributed by atoms with Crippen LogP contribution >= 0.6 is 0 Å². The molecule has 0 aromatic rings. The summed E-state index contributed by atoms with van der Waals surface area (Å²) >= 11 is 0. The smallest absolute Gasteiger partial charge is 0.0512 e. The SMILES string of the molecule is CCCCCCCCCCCCCCCCC(CCCCCCCCCCCCC)CCC(C)O. The van der Waals surface area contributed by atoms with Crippen molar-refractivity contribution in [2.45, 2.75) is 213 Å². The molecule has 0 saturated heterocycles. The van der Waals surface area contributed by atoms with Gasteiger partial charge in [0.1, 0.15) is 0 Å². The second-order valence-electron chi connectivity index (χ2n) is 12.0. The Kier molecular flexibility index (Phi) is 30.2. The molecule has 0 fully saturated rings.